The molecule has 2 atom stereocenters. The summed E-state index contributed by atoms with van der Waals surface area (Å²) in [6, 6.07) is -0.162. The molecule has 16 heavy (non-hydrogen) atoms. The lowest BCUT2D eigenvalue weighted by atomic mass is 9.69. The van der Waals surface area contributed by atoms with Crippen LogP contribution in [0, 0.1) is 5.41 Å². The summed E-state index contributed by atoms with van der Waals surface area (Å²) in [6.07, 6.45) is 5.39. The number of carbonyl (C=O) groups is 1. The molecular weight excluding hydrogens is 209 g/mol. The molecule has 3 nitrogen and oxygen atoms in total. The second-order valence-corrected chi connectivity index (χ2v) is 5.20. The normalized spacial score (nSPS) is 32.9. The Balaban J connectivity index is 1.90. The minimum absolute atomic E-state index is 0.162. The zero-order chi connectivity index (χ0) is 11.6. The van der Waals surface area contributed by atoms with E-state index >= 15 is 0 Å². The van der Waals surface area contributed by atoms with Crippen molar-refractivity contribution in [1.82, 2.24) is 5.32 Å². The molecule has 0 saturated heterocycles. The molecule has 2 saturated carbocycles. The van der Waals surface area contributed by atoms with Crippen LogP contribution in [0.15, 0.2) is 0 Å². The van der Waals surface area contributed by atoms with E-state index in [1.807, 2.05) is 0 Å². The van der Waals surface area contributed by atoms with Crippen LogP contribution in [0.5, 0.6) is 0 Å². The van der Waals surface area contributed by atoms with Crippen molar-refractivity contribution in [2.24, 2.45) is 5.41 Å². The number of rotatable bonds is 3. The summed E-state index contributed by atoms with van der Waals surface area (Å²) in [7, 11) is 0. The first-order valence-electron chi connectivity index (χ1n) is 6.23. The molecule has 2 rings (SSSR count). The van der Waals surface area contributed by atoms with E-state index in [1.54, 1.807) is 0 Å². The molecule has 0 spiro atoms. The second-order valence-electron chi connectivity index (χ2n) is 5.20. The lowest BCUT2D eigenvalue weighted by Gasteiger charge is -2.40. The molecule has 0 aromatic carbocycles. The monoisotopic (exact) mass is 229 g/mol. The molecule has 92 valence electrons. The van der Waals surface area contributed by atoms with Crippen molar-refractivity contribution in [3.05, 3.63) is 0 Å². The molecular formula is C12H20FNO2. The zero-order valence-corrected chi connectivity index (χ0v) is 9.54. The maximum Gasteiger partial charge on any atom is 0.229 e. The summed E-state index contributed by atoms with van der Waals surface area (Å²) in [5, 5.41) is 12.6. The van der Waals surface area contributed by atoms with Gasteiger partial charge in [-0.05, 0) is 25.7 Å². The van der Waals surface area contributed by atoms with Crippen LogP contribution in [-0.2, 0) is 4.79 Å². The van der Waals surface area contributed by atoms with Gasteiger partial charge in [0.2, 0.25) is 5.91 Å². The number of aliphatic hydroxyl groups excluding tert-OH is 1. The largest absolute Gasteiger partial charge is 0.391 e. The molecule has 4 heteroatoms. The average Bonchev–Trinajstić information content (AvgIpc) is 2.21. The highest BCUT2D eigenvalue weighted by Crippen LogP contribution is 2.41. The van der Waals surface area contributed by atoms with Gasteiger partial charge in [-0.1, -0.05) is 19.3 Å². The van der Waals surface area contributed by atoms with Gasteiger partial charge in [0, 0.05) is 0 Å². The van der Waals surface area contributed by atoms with Gasteiger partial charge in [-0.25, -0.2) is 4.39 Å². The number of alkyl halides is 1. The van der Waals surface area contributed by atoms with Crippen LogP contribution in [0.3, 0.4) is 0 Å². The van der Waals surface area contributed by atoms with E-state index in [-0.39, 0.29) is 11.9 Å². The summed E-state index contributed by atoms with van der Waals surface area (Å²) in [5.41, 5.74) is -0.767. The molecule has 0 heterocycles. The first-order chi connectivity index (χ1) is 7.68. The topological polar surface area (TPSA) is 49.3 Å². The van der Waals surface area contributed by atoms with E-state index in [9.17, 15) is 14.3 Å². The highest BCUT2D eigenvalue weighted by Gasteiger charge is 2.45. The number of nitrogens with one attached hydrogen (secondary N) is 1. The third-order valence-corrected chi connectivity index (χ3v) is 4.09. The van der Waals surface area contributed by atoms with Crippen LogP contribution >= 0.6 is 0 Å². The van der Waals surface area contributed by atoms with Gasteiger partial charge in [0.15, 0.2) is 0 Å². The van der Waals surface area contributed by atoms with Crippen molar-refractivity contribution in [2.75, 3.05) is 6.67 Å². The summed E-state index contributed by atoms with van der Waals surface area (Å²) in [5.74, 6) is -0.188. The molecule has 2 fully saturated rings. The lowest BCUT2D eigenvalue weighted by Crippen LogP contribution is -2.54. The van der Waals surface area contributed by atoms with Gasteiger partial charge in [0.1, 0.15) is 6.67 Å². The van der Waals surface area contributed by atoms with Gasteiger partial charge in [-0.15, -0.1) is 0 Å². The molecule has 0 unspecified atom stereocenters. The summed E-state index contributed by atoms with van der Waals surface area (Å²) in [4.78, 5) is 11.9. The first-order valence-corrected chi connectivity index (χ1v) is 6.23. The molecule has 0 aromatic heterocycles. The number of halogens is 1. The number of hydrogen-bond acceptors (Lipinski definition) is 2. The van der Waals surface area contributed by atoms with Crippen LogP contribution in [0.4, 0.5) is 4.39 Å². The zero-order valence-electron chi connectivity index (χ0n) is 9.54. The Labute approximate surface area is 95.4 Å². The van der Waals surface area contributed by atoms with Crippen molar-refractivity contribution in [3.63, 3.8) is 0 Å². The van der Waals surface area contributed by atoms with E-state index in [4.69, 9.17) is 0 Å². The van der Waals surface area contributed by atoms with Gasteiger partial charge >= 0.3 is 0 Å². The third kappa shape index (κ3) is 2.08. The lowest BCUT2D eigenvalue weighted by molar-refractivity contribution is -0.139. The van der Waals surface area contributed by atoms with E-state index in [0.717, 1.165) is 32.1 Å². The van der Waals surface area contributed by atoms with Crippen molar-refractivity contribution in [1.29, 1.82) is 0 Å². The van der Waals surface area contributed by atoms with Crippen LogP contribution in [0.25, 0.3) is 0 Å². The molecule has 2 aliphatic rings. The molecule has 2 N–H and O–H groups in total. The fourth-order valence-corrected chi connectivity index (χ4v) is 2.63. The Kier molecular flexibility index (Phi) is 3.47. The van der Waals surface area contributed by atoms with Gasteiger partial charge in [0.05, 0.1) is 17.6 Å². The Morgan fingerprint density at radius 3 is 2.50 bits per heavy atom. The molecule has 0 bridgehead atoms. The Hall–Kier alpha value is -0.640. The maximum atomic E-state index is 12.9. The van der Waals surface area contributed by atoms with Gasteiger partial charge in [-0.3, -0.25) is 4.79 Å². The number of carbonyl (C=O) groups excluding carboxylic acids is 1. The van der Waals surface area contributed by atoms with Crippen molar-refractivity contribution in [3.8, 4) is 0 Å². The van der Waals surface area contributed by atoms with E-state index in [1.165, 1.54) is 0 Å². The molecule has 0 aromatic rings. The smallest absolute Gasteiger partial charge is 0.229 e. The average molecular weight is 229 g/mol. The highest BCUT2D eigenvalue weighted by atomic mass is 19.1. The number of aliphatic hydroxyl groups is 1. The Bertz CT molecular complexity index is 260. The fourth-order valence-electron chi connectivity index (χ4n) is 2.63. The number of hydrogen-bond donors (Lipinski definition) is 2. The van der Waals surface area contributed by atoms with Gasteiger partial charge in [-0.2, -0.15) is 0 Å². The fraction of sp³-hybridized carbons (Fsp3) is 0.917. The molecule has 1 amide bonds. The van der Waals surface area contributed by atoms with Crippen molar-refractivity contribution >= 4 is 5.91 Å². The van der Waals surface area contributed by atoms with Crippen molar-refractivity contribution in [2.45, 2.75) is 57.1 Å². The number of amides is 1. The minimum Gasteiger partial charge on any atom is -0.391 e. The highest BCUT2D eigenvalue weighted by molar-refractivity contribution is 5.84. The van der Waals surface area contributed by atoms with Crippen LogP contribution in [0.1, 0.15) is 44.9 Å². The van der Waals surface area contributed by atoms with Crippen LogP contribution in [-0.4, -0.2) is 29.8 Å². The Morgan fingerprint density at radius 2 is 2.00 bits per heavy atom. The predicted molar refractivity (Wildman–Crippen MR) is 58.7 cm³/mol. The summed E-state index contributed by atoms with van der Waals surface area (Å²) >= 11 is 0. The van der Waals surface area contributed by atoms with E-state index < -0.39 is 18.2 Å². The second kappa shape index (κ2) is 4.70. The van der Waals surface area contributed by atoms with Gasteiger partial charge in [0.25, 0.3) is 0 Å². The maximum absolute atomic E-state index is 12.9. The summed E-state index contributed by atoms with van der Waals surface area (Å²) < 4.78 is 12.9. The van der Waals surface area contributed by atoms with Crippen LogP contribution < -0.4 is 5.32 Å². The van der Waals surface area contributed by atoms with Gasteiger partial charge < -0.3 is 10.4 Å². The Morgan fingerprint density at radius 1 is 1.31 bits per heavy atom. The van der Waals surface area contributed by atoms with E-state index in [0.29, 0.717) is 12.8 Å². The van der Waals surface area contributed by atoms with E-state index in [2.05, 4.69) is 5.32 Å². The minimum atomic E-state index is -0.767. The third-order valence-electron chi connectivity index (χ3n) is 4.09. The standard InChI is InChI=1S/C12H20FNO2/c13-8-12(6-3-7-12)11(16)14-9-4-1-2-5-10(9)15/h9-10,15H,1-8H2,(H,14,16)/t9-,10-/m0/s1. The summed E-state index contributed by atoms with van der Waals surface area (Å²) in [6.45, 7) is -0.568. The molecule has 0 radical (unpaired) electrons. The predicted octanol–water partition coefficient (Wildman–Crippen LogP) is 1.55. The quantitative estimate of drug-likeness (QED) is 0.771. The molecule has 2 aliphatic carbocycles. The first kappa shape index (κ1) is 11.8. The van der Waals surface area contributed by atoms with Crippen molar-refractivity contribution < 1.29 is 14.3 Å². The molecule has 0 aliphatic heterocycles. The SMILES string of the molecule is O=C(N[C@H]1CCCC[C@@H]1O)C1(CF)CCC1. The van der Waals surface area contributed by atoms with Crippen LogP contribution in [0.2, 0.25) is 0 Å².